The third kappa shape index (κ3) is 3.66. The highest BCUT2D eigenvalue weighted by molar-refractivity contribution is 6.03. The molecule has 3 aromatic rings. The van der Waals surface area contributed by atoms with Crippen molar-refractivity contribution in [2.24, 2.45) is 5.92 Å². The third-order valence-electron chi connectivity index (χ3n) is 5.94. The van der Waals surface area contributed by atoms with Crippen molar-refractivity contribution >= 4 is 28.2 Å². The van der Waals surface area contributed by atoms with Crippen LogP contribution in [0.4, 0.5) is 15.8 Å². The molecular formula is C24H26FN3O4. The van der Waals surface area contributed by atoms with Gasteiger partial charge >= 0.3 is 5.97 Å². The number of aryl methyl sites for hydroxylation is 1. The lowest BCUT2D eigenvalue weighted by Gasteiger charge is -2.33. The number of anilines is 2. The molecule has 1 aromatic heterocycles. The Morgan fingerprint density at radius 2 is 2.06 bits per heavy atom. The number of nitrogens with two attached hydrogens (primary N) is 1. The number of pyridine rings is 1. The topological polar surface area (TPSA) is 107 Å². The molecule has 2 aromatic carbocycles. The number of aromatic nitrogens is 1. The lowest BCUT2D eigenvalue weighted by molar-refractivity contribution is 0.0693. The van der Waals surface area contributed by atoms with Gasteiger partial charge in [-0.25, -0.2) is 9.18 Å². The highest BCUT2D eigenvalue weighted by atomic mass is 19.1. The first kappa shape index (κ1) is 21.7. The summed E-state index contributed by atoms with van der Waals surface area (Å²) in [5, 5.41) is 12.4. The Bertz CT molecular complexity index is 1240. The number of halogens is 1. The van der Waals surface area contributed by atoms with Gasteiger partial charge in [-0.15, -0.1) is 0 Å². The van der Waals surface area contributed by atoms with Crippen LogP contribution < -0.4 is 21.2 Å². The van der Waals surface area contributed by atoms with Crippen LogP contribution in [0.15, 0.2) is 41.3 Å². The van der Waals surface area contributed by atoms with Crippen LogP contribution in [0.25, 0.3) is 10.9 Å². The number of carboxylic acids is 1. The second kappa shape index (κ2) is 8.53. The summed E-state index contributed by atoms with van der Waals surface area (Å²) < 4.78 is 22.9. The van der Waals surface area contributed by atoms with Gasteiger partial charge in [0, 0.05) is 12.7 Å². The zero-order chi connectivity index (χ0) is 23.0. The highest BCUT2D eigenvalue weighted by Crippen LogP contribution is 2.44. The molecular weight excluding hydrogens is 413 g/mol. The summed E-state index contributed by atoms with van der Waals surface area (Å²) in [4.78, 5) is 24.6. The van der Waals surface area contributed by atoms with Crippen LogP contribution in [0.3, 0.4) is 0 Å². The van der Waals surface area contributed by atoms with Crippen molar-refractivity contribution in [3.63, 3.8) is 0 Å². The number of ether oxygens (including phenoxy) is 1. The smallest absolute Gasteiger partial charge is 0.341 e. The molecule has 0 aliphatic carbocycles. The van der Waals surface area contributed by atoms with Gasteiger partial charge in [-0.1, -0.05) is 44.2 Å². The number of nitrogens with one attached hydrogen (secondary N) is 1. The minimum Gasteiger partial charge on any atom is -0.487 e. The molecule has 0 radical (unpaired) electrons. The molecule has 1 unspecified atom stereocenters. The van der Waals surface area contributed by atoms with E-state index in [4.69, 9.17) is 10.5 Å². The van der Waals surface area contributed by atoms with Gasteiger partial charge in [-0.2, -0.15) is 0 Å². The van der Waals surface area contributed by atoms with Gasteiger partial charge in [0.05, 0.1) is 22.6 Å². The van der Waals surface area contributed by atoms with Crippen molar-refractivity contribution in [3.8, 4) is 5.75 Å². The molecule has 1 aliphatic rings. The fourth-order valence-electron chi connectivity index (χ4n) is 4.20. The molecule has 2 heterocycles. The van der Waals surface area contributed by atoms with Gasteiger partial charge in [0.1, 0.15) is 17.9 Å². The Hall–Kier alpha value is -3.55. The predicted octanol–water partition coefficient (Wildman–Crippen LogP) is 4.06. The number of rotatable bonds is 7. The third-order valence-corrected chi connectivity index (χ3v) is 5.94. The summed E-state index contributed by atoms with van der Waals surface area (Å²) in [6, 6.07) is 9.75. The Balaban J connectivity index is 1.79. The second-order valence-corrected chi connectivity index (χ2v) is 8.38. The molecule has 0 bridgehead atoms. The maximum Gasteiger partial charge on any atom is 0.341 e. The van der Waals surface area contributed by atoms with Crippen LogP contribution in [-0.2, 0) is 6.42 Å². The molecule has 0 saturated heterocycles. The number of nitrogens with zero attached hydrogens (tertiary/aromatic N) is 1. The summed E-state index contributed by atoms with van der Waals surface area (Å²) in [5.74, 6) is -1.90. The first-order valence-corrected chi connectivity index (χ1v) is 10.6. The number of hydrogen-bond donors (Lipinski definition) is 3. The fraction of sp³-hybridized carbons (Fsp3) is 0.333. The van der Waals surface area contributed by atoms with Crippen LogP contribution in [0.1, 0.15) is 42.2 Å². The molecule has 1 atom stereocenters. The maximum atomic E-state index is 15.3. The van der Waals surface area contributed by atoms with Crippen LogP contribution in [0, 0.1) is 11.7 Å². The van der Waals surface area contributed by atoms with E-state index in [-0.39, 0.29) is 41.1 Å². The van der Waals surface area contributed by atoms with E-state index in [1.54, 1.807) is 4.57 Å². The van der Waals surface area contributed by atoms with E-state index in [0.717, 1.165) is 12.8 Å². The first-order chi connectivity index (χ1) is 15.3. The van der Waals surface area contributed by atoms with Gasteiger partial charge in [0.15, 0.2) is 11.6 Å². The van der Waals surface area contributed by atoms with E-state index in [2.05, 4.69) is 5.32 Å². The average Bonchev–Trinajstić information content (AvgIpc) is 2.77. The first-order valence-electron chi connectivity index (χ1n) is 10.6. The molecule has 8 heteroatoms. The van der Waals surface area contributed by atoms with Crippen molar-refractivity contribution in [2.45, 2.75) is 32.7 Å². The molecule has 0 spiro atoms. The van der Waals surface area contributed by atoms with Crippen LogP contribution >= 0.6 is 0 Å². The second-order valence-electron chi connectivity index (χ2n) is 8.38. The normalized spacial score (nSPS) is 15.1. The fourth-order valence-corrected chi connectivity index (χ4v) is 4.20. The summed E-state index contributed by atoms with van der Waals surface area (Å²) >= 11 is 0. The zero-order valence-corrected chi connectivity index (χ0v) is 18.0. The van der Waals surface area contributed by atoms with Crippen molar-refractivity contribution in [1.29, 1.82) is 0 Å². The van der Waals surface area contributed by atoms with Gasteiger partial charge in [0.25, 0.3) is 0 Å². The van der Waals surface area contributed by atoms with E-state index in [0.29, 0.717) is 12.1 Å². The number of nitrogen functional groups attached to an aromatic ring is 1. The highest BCUT2D eigenvalue weighted by Gasteiger charge is 2.32. The van der Waals surface area contributed by atoms with Crippen molar-refractivity contribution in [3.05, 3.63) is 63.7 Å². The van der Waals surface area contributed by atoms with E-state index >= 15 is 4.39 Å². The SMILES string of the molecule is CC(C)C1COc2c(NCCCc3ccccc3)c(F)c(N)c3c(=O)c(C(=O)O)cn1c23. The number of hydrogen-bond acceptors (Lipinski definition) is 5. The molecule has 4 N–H and O–H groups in total. The minimum absolute atomic E-state index is 0.0871. The van der Waals surface area contributed by atoms with Gasteiger partial charge in [-0.05, 0) is 24.3 Å². The summed E-state index contributed by atoms with van der Waals surface area (Å²) in [6.45, 7) is 4.64. The number of aromatic carboxylic acids is 1. The average molecular weight is 439 g/mol. The molecule has 0 fully saturated rings. The molecule has 4 rings (SSSR count). The van der Waals surface area contributed by atoms with E-state index in [9.17, 15) is 14.7 Å². The Morgan fingerprint density at radius 3 is 2.72 bits per heavy atom. The van der Waals surface area contributed by atoms with Crippen molar-refractivity contribution in [2.75, 3.05) is 24.2 Å². The quantitative estimate of drug-likeness (QED) is 0.379. The van der Waals surface area contributed by atoms with Gasteiger partial charge in [-0.3, -0.25) is 4.79 Å². The molecule has 32 heavy (non-hydrogen) atoms. The van der Waals surface area contributed by atoms with Gasteiger partial charge < -0.3 is 25.5 Å². The predicted molar refractivity (Wildman–Crippen MR) is 122 cm³/mol. The molecule has 1 aliphatic heterocycles. The molecule has 168 valence electrons. The number of carbonyl (C=O) groups is 1. The van der Waals surface area contributed by atoms with Gasteiger partial charge in [0.2, 0.25) is 5.43 Å². The number of benzene rings is 2. The van der Waals surface area contributed by atoms with Crippen molar-refractivity contribution in [1.82, 2.24) is 4.57 Å². The lowest BCUT2D eigenvalue weighted by Crippen LogP contribution is -2.31. The molecule has 0 saturated carbocycles. The summed E-state index contributed by atoms with van der Waals surface area (Å²) in [5.41, 5.74) is 6.03. The number of carboxylic acid groups (broad SMARTS) is 1. The largest absolute Gasteiger partial charge is 0.487 e. The Morgan fingerprint density at radius 1 is 1.34 bits per heavy atom. The summed E-state index contributed by atoms with van der Waals surface area (Å²) in [7, 11) is 0. The van der Waals surface area contributed by atoms with Crippen LogP contribution in [0.2, 0.25) is 0 Å². The zero-order valence-electron chi connectivity index (χ0n) is 18.0. The summed E-state index contributed by atoms with van der Waals surface area (Å²) in [6.07, 6.45) is 2.89. The lowest BCUT2D eigenvalue weighted by atomic mass is 9.99. The van der Waals surface area contributed by atoms with E-state index in [1.165, 1.54) is 11.8 Å². The van der Waals surface area contributed by atoms with E-state index < -0.39 is 22.8 Å². The molecule has 0 amide bonds. The minimum atomic E-state index is -1.38. The van der Waals surface area contributed by atoms with Crippen LogP contribution in [0.5, 0.6) is 5.75 Å². The van der Waals surface area contributed by atoms with Crippen LogP contribution in [-0.4, -0.2) is 28.8 Å². The van der Waals surface area contributed by atoms with E-state index in [1.807, 2.05) is 44.2 Å². The monoisotopic (exact) mass is 439 g/mol. The molecule has 7 nitrogen and oxygen atoms in total. The Kier molecular flexibility index (Phi) is 5.78. The standard InChI is InChI=1S/C24H26FN3O4/c1-13(2)16-12-32-23-20(27-10-6-9-14-7-4-3-5-8-14)18(25)19(26)17-21(23)28(16)11-15(22(17)29)24(30)31/h3-5,7-8,11,13,16,27H,6,9-10,12,26H2,1-2H3,(H,30,31). The maximum absolute atomic E-state index is 15.3. The Labute approximate surface area is 184 Å². The van der Waals surface area contributed by atoms with Crippen molar-refractivity contribution < 1.29 is 19.0 Å².